The lowest BCUT2D eigenvalue weighted by molar-refractivity contribution is 0.229. The first-order chi connectivity index (χ1) is 9.16. The number of ether oxygens (including phenoxy) is 1. The highest BCUT2D eigenvalue weighted by Gasteiger charge is 2.09. The van der Waals surface area contributed by atoms with Crippen LogP contribution in [-0.2, 0) is 6.54 Å². The summed E-state index contributed by atoms with van der Waals surface area (Å²) in [5.41, 5.74) is 1.10. The molecule has 0 saturated carbocycles. The van der Waals surface area contributed by atoms with E-state index in [0.717, 1.165) is 18.0 Å². The van der Waals surface area contributed by atoms with Gasteiger partial charge in [0.05, 0.1) is 6.10 Å². The van der Waals surface area contributed by atoms with Gasteiger partial charge in [0.15, 0.2) is 0 Å². The van der Waals surface area contributed by atoms with Gasteiger partial charge in [0.2, 0.25) is 5.88 Å². The van der Waals surface area contributed by atoms with Crippen molar-refractivity contribution in [1.82, 2.24) is 10.3 Å². The maximum atomic E-state index is 5.72. The molecule has 1 atom stereocenters. The number of nitrogens with zero attached hydrogens (tertiary/aromatic N) is 1. The molecule has 0 aliphatic carbocycles. The van der Waals surface area contributed by atoms with Gasteiger partial charge in [-0.05, 0) is 38.3 Å². The van der Waals surface area contributed by atoms with Crippen LogP contribution in [0.15, 0.2) is 35.8 Å². The second-order valence-electron chi connectivity index (χ2n) is 4.75. The number of hydrogen-bond donors (Lipinski definition) is 1. The van der Waals surface area contributed by atoms with Gasteiger partial charge in [-0.2, -0.15) is 0 Å². The van der Waals surface area contributed by atoms with Gasteiger partial charge in [-0.25, -0.2) is 4.98 Å². The fourth-order valence-electron chi connectivity index (χ4n) is 1.79. The monoisotopic (exact) mass is 276 g/mol. The molecule has 2 aromatic heterocycles. The Bertz CT molecular complexity index is 497. The Morgan fingerprint density at radius 3 is 2.79 bits per heavy atom. The summed E-state index contributed by atoms with van der Waals surface area (Å²) >= 11 is 1.77. The van der Waals surface area contributed by atoms with Crippen molar-refractivity contribution < 1.29 is 4.74 Å². The molecule has 0 radical (unpaired) electrons. The Hall–Kier alpha value is -1.39. The first kappa shape index (κ1) is 14.0. The van der Waals surface area contributed by atoms with Crippen molar-refractivity contribution >= 4 is 11.3 Å². The van der Waals surface area contributed by atoms with E-state index >= 15 is 0 Å². The van der Waals surface area contributed by atoms with E-state index in [1.165, 1.54) is 4.88 Å². The summed E-state index contributed by atoms with van der Waals surface area (Å²) in [4.78, 5) is 5.64. The zero-order valence-corrected chi connectivity index (χ0v) is 12.4. The molecule has 2 aromatic rings. The number of thiophene rings is 1. The predicted octanol–water partition coefficient (Wildman–Crippen LogP) is 3.78. The Balaban J connectivity index is 1.99. The molecule has 102 valence electrons. The van der Waals surface area contributed by atoms with Crippen molar-refractivity contribution in [3.05, 3.63) is 46.3 Å². The SMILES string of the molecule is CC(C)Oc1ncccc1CNC(C)c1cccs1. The van der Waals surface area contributed by atoms with Crippen molar-refractivity contribution in [2.24, 2.45) is 0 Å². The minimum Gasteiger partial charge on any atom is -0.475 e. The van der Waals surface area contributed by atoms with E-state index in [9.17, 15) is 0 Å². The highest BCUT2D eigenvalue weighted by molar-refractivity contribution is 7.10. The fraction of sp³-hybridized carbons (Fsp3) is 0.400. The molecule has 1 N–H and O–H groups in total. The number of nitrogens with one attached hydrogen (secondary N) is 1. The average molecular weight is 276 g/mol. The molecule has 0 fully saturated rings. The Kier molecular flexibility index (Phi) is 4.93. The maximum Gasteiger partial charge on any atom is 0.218 e. The van der Waals surface area contributed by atoms with E-state index in [4.69, 9.17) is 4.74 Å². The molecule has 1 unspecified atom stereocenters. The van der Waals surface area contributed by atoms with Crippen LogP contribution >= 0.6 is 11.3 Å². The third kappa shape index (κ3) is 4.04. The average Bonchev–Trinajstić information content (AvgIpc) is 2.90. The van der Waals surface area contributed by atoms with E-state index in [1.54, 1.807) is 17.5 Å². The Morgan fingerprint density at radius 2 is 2.11 bits per heavy atom. The molecular weight excluding hydrogens is 256 g/mol. The minimum atomic E-state index is 0.142. The molecule has 0 aliphatic rings. The summed E-state index contributed by atoms with van der Waals surface area (Å²) in [5, 5.41) is 5.61. The van der Waals surface area contributed by atoms with Gasteiger partial charge in [-0.1, -0.05) is 12.1 Å². The van der Waals surface area contributed by atoms with Gasteiger partial charge < -0.3 is 10.1 Å². The van der Waals surface area contributed by atoms with Crippen LogP contribution in [0.2, 0.25) is 0 Å². The van der Waals surface area contributed by atoms with Crippen LogP contribution in [0, 0.1) is 0 Å². The van der Waals surface area contributed by atoms with Gasteiger partial charge in [0, 0.05) is 29.2 Å². The summed E-state index contributed by atoms with van der Waals surface area (Å²) in [6.07, 6.45) is 1.91. The van der Waals surface area contributed by atoms with Crippen LogP contribution in [0.3, 0.4) is 0 Å². The number of rotatable bonds is 6. The van der Waals surface area contributed by atoms with Gasteiger partial charge in [0.1, 0.15) is 0 Å². The van der Waals surface area contributed by atoms with E-state index in [0.29, 0.717) is 6.04 Å². The molecule has 0 spiro atoms. The molecule has 0 amide bonds. The lowest BCUT2D eigenvalue weighted by Crippen LogP contribution is -2.18. The van der Waals surface area contributed by atoms with Gasteiger partial charge in [-0.3, -0.25) is 0 Å². The molecule has 2 heterocycles. The van der Waals surface area contributed by atoms with E-state index < -0.39 is 0 Å². The lowest BCUT2D eigenvalue weighted by atomic mass is 10.2. The summed E-state index contributed by atoms with van der Waals surface area (Å²) in [7, 11) is 0. The van der Waals surface area contributed by atoms with Crippen LogP contribution in [0.4, 0.5) is 0 Å². The van der Waals surface area contributed by atoms with Crippen molar-refractivity contribution in [3.63, 3.8) is 0 Å². The largest absolute Gasteiger partial charge is 0.475 e. The third-order valence-corrected chi connectivity index (χ3v) is 3.82. The van der Waals surface area contributed by atoms with Crippen LogP contribution in [0.5, 0.6) is 5.88 Å². The third-order valence-electron chi connectivity index (χ3n) is 2.77. The summed E-state index contributed by atoms with van der Waals surface area (Å²) in [6, 6.07) is 8.57. The van der Waals surface area contributed by atoms with Crippen molar-refractivity contribution in [3.8, 4) is 5.88 Å². The standard InChI is InChI=1S/C15H20N2OS/c1-11(2)18-15-13(6-4-8-16-15)10-17-12(3)14-7-5-9-19-14/h4-9,11-12,17H,10H2,1-3H3. The van der Waals surface area contributed by atoms with Crippen LogP contribution in [0.25, 0.3) is 0 Å². The molecule has 2 rings (SSSR count). The molecular formula is C15H20N2OS. The summed E-state index contributed by atoms with van der Waals surface area (Å²) in [5.74, 6) is 0.725. The number of aromatic nitrogens is 1. The highest BCUT2D eigenvalue weighted by atomic mass is 32.1. The smallest absolute Gasteiger partial charge is 0.218 e. The zero-order chi connectivity index (χ0) is 13.7. The number of hydrogen-bond acceptors (Lipinski definition) is 4. The van der Waals surface area contributed by atoms with Crippen molar-refractivity contribution in [2.75, 3.05) is 0 Å². The van der Waals surface area contributed by atoms with Crippen LogP contribution in [0.1, 0.15) is 37.3 Å². The topological polar surface area (TPSA) is 34.1 Å². The molecule has 19 heavy (non-hydrogen) atoms. The second kappa shape index (κ2) is 6.68. The molecule has 4 heteroatoms. The maximum absolute atomic E-state index is 5.72. The molecule has 3 nitrogen and oxygen atoms in total. The second-order valence-corrected chi connectivity index (χ2v) is 5.73. The van der Waals surface area contributed by atoms with E-state index in [-0.39, 0.29) is 6.10 Å². The first-order valence-corrected chi connectivity index (χ1v) is 7.42. The van der Waals surface area contributed by atoms with Gasteiger partial charge in [-0.15, -0.1) is 11.3 Å². The van der Waals surface area contributed by atoms with Gasteiger partial charge in [0.25, 0.3) is 0 Å². The minimum absolute atomic E-state index is 0.142. The summed E-state index contributed by atoms with van der Waals surface area (Å²) < 4.78 is 5.72. The Morgan fingerprint density at radius 1 is 1.26 bits per heavy atom. The zero-order valence-electron chi connectivity index (χ0n) is 11.6. The first-order valence-electron chi connectivity index (χ1n) is 6.54. The molecule has 0 aliphatic heterocycles. The fourth-order valence-corrected chi connectivity index (χ4v) is 2.55. The van der Waals surface area contributed by atoms with Crippen molar-refractivity contribution in [2.45, 2.75) is 39.5 Å². The lowest BCUT2D eigenvalue weighted by Gasteiger charge is -2.15. The predicted molar refractivity (Wildman–Crippen MR) is 79.6 cm³/mol. The number of pyridine rings is 1. The summed E-state index contributed by atoms with van der Waals surface area (Å²) in [6.45, 7) is 6.96. The van der Waals surface area contributed by atoms with Gasteiger partial charge >= 0.3 is 0 Å². The van der Waals surface area contributed by atoms with Crippen molar-refractivity contribution in [1.29, 1.82) is 0 Å². The molecule has 0 aromatic carbocycles. The van der Waals surface area contributed by atoms with E-state index in [1.807, 2.05) is 19.9 Å². The highest BCUT2D eigenvalue weighted by Crippen LogP contribution is 2.20. The van der Waals surface area contributed by atoms with Crippen LogP contribution < -0.4 is 10.1 Å². The quantitative estimate of drug-likeness (QED) is 0.872. The molecule has 0 bridgehead atoms. The normalized spacial score (nSPS) is 12.6. The van der Waals surface area contributed by atoms with Crippen LogP contribution in [-0.4, -0.2) is 11.1 Å². The van der Waals surface area contributed by atoms with E-state index in [2.05, 4.69) is 40.8 Å². The molecule has 0 saturated heterocycles. The Labute approximate surface area is 118 Å².